The zero-order chi connectivity index (χ0) is 16.2. The Hall–Kier alpha value is -1.56. The van der Waals surface area contributed by atoms with Crippen molar-refractivity contribution in [2.45, 2.75) is 46.3 Å². The van der Waals surface area contributed by atoms with Crippen LogP contribution in [-0.2, 0) is 4.79 Å². The van der Waals surface area contributed by atoms with Gasteiger partial charge in [-0.05, 0) is 39.3 Å². The number of nitrogens with two attached hydrogens (primary N) is 1. The fourth-order valence-electron chi connectivity index (χ4n) is 1.70. The largest absolute Gasteiger partial charge is 0.478 e. The number of ketones is 1. The number of hydrogen-bond acceptors (Lipinski definition) is 4. The standard InChI is InChI=1S/C15H21BrN2O3/c1-5-8(2)18-15(20)10(4)21-14-12(9(3)19)6-11(16)7-13(14)17/h6-8,10H,5,17H2,1-4H3,(H,18,20). The highest BCUT2D eigenvalue weighted by Gasteiger charge is 2.21. The number of amides is 1. The number of carbonyl (C=O) groups is 2. The Morgan fingerprint density at radius 1 is 1.38 bits per heavy atom. The van der Waals surface area contributed by atoms with Crippen molar-refractivity contribution in [2.75, 3.05) is 5.73 Å². The van der Waals surface area contributed by atoms with Gasteiger partial charge in [0.15, 0.2) is 17.6 Å². The predicted octanol–water partition coefficient (Wildman–Crippen LogP) is 2.92. The van der Waals surface area contributed by atoms with Crippen LogP contribution in [0, 0.1) is 0 Å². The molecule has 6 heteroatoms. The highest BCUT2D eigenvalue weighted by atomic mass is 79.9. The van der Waals surface area contributed by atoms with E-state index in [-0.39, 0.29) is 23.5 Å². The van der Waals surface area contributed by atoms with Crippen molar-refractivity contribution in [3.63, 3.8) is 0 Å². The fourth-order valence-corrected chi connectivity index (χ4v) is 2.18. The van der Waals surface area contributed by atoms with Crippen molar-refractivity contribution in [3.8, 4) is 5.75 Å². The number of nitrogen functional groups attached to an aromatic ring is 1. The van der Waals surface area contributed by atoms with E-state index in [1.54, 1.807) is 19.1 Å². The van der Waals surface area contributed by atoms with Crippen molar-refractivity contribution in [1.29, 1.82) is 0 Å². The quantitative estimate of drug-likeness (QED) is 0.606. The first-order chi connectivity index (χ1) is 9.76. The number of halogens is 1. The van der Waals surface area contributed by atoms with Gasteiger partial charge in [0.25, 0.3) is 5.91 Å². The van der Waals surface area contributed by atoms with Gasteiger partial charge in [0, 0.05) is 10.5 Å². The number of benzene rings is 1. The molecule has 1 aromatic carbocycles. The van der Waals surface area contributed by atoms with Crippen molar-refractivity contribution in [1.82, 2.24) is 5.32 Å². The maximum Gasteiger partial charge on any atom is 0.260 e. The van der Waals surface area contributed by atoms with Crippen LogP contribution in [0.4, 0.5) is 5.69 Å². The summed E-state index contributed by atoms with van der Waals surface area (Å²) in [6, 6.07) is 3.34. The monoisotopic (exact) mass is 356 g/mol. The molecule has 0 spiro atoms. The molecule has 0 saturated carbocycles. The number of Topliss-reactive ketones (excluding diaryl/α,β-unsaturated/α-hetero) is 1. The van der Waals surface area contributed by atoms with Crippen molar-refractivity contribution in [2.24, 2.45) is 0 Å². The molecule has 0 radical (unpaired) electrons. The average molecular weight is 357 g/mol. The molecule has 0 saturated heterocycles. The minimum absolute atomic E-state index is 0.0677. The molecule has 5 nitrogen and oxygen atoms in total. The summed E-state index contributed by atoms with van der Waals surface area (Å²) in [4.78, 5) is 23.7. The molecule has 0 fully saturated rings. The minimum atomic E-state index is -0.736. The lowest BCUT2D eigenvalue weighted by molar-refractivity contribution is -0.127. The first kappa shape index (κ1) is 17.5. The number of anilines is 1. The van der Waals surface area contributed by atoms with E-state index in [0.717, 1.165) is 6.42 Å². The maximum absolute atomic E-state index is 12.0. The van der Waals surface area contributed by atoms with E-state index in [0.29, 0.717) is 15.7 Å². The Bertz CT molecular complexity index is 546. The SMILES string of the molecule is CCC(C)NC(=O)C(C)Oc1c(N)cc(Br)cc1C(C)=O. The third-order valence-corrected chi connectivity index (χ3v) is 3.58. The molecule has 2 unspecified atom stereocenters. The van der Waals surface area contributed by atoms with Gasteiger partial charge in [0.2, 0.25) is 0 Å². The van der Waals surface area contributed by atoms with Gasteiger partial charge in [-0.1, -0.05) is 22.9 Å². The second-order valence-corrected chi connectivity index (χ2v) is 5.92. The van der Waals surface area contributed by atoms with E-state index >= 15 is 0 Å². The molecular formula is C15H21BrN2O3. The summed E-state index contributed by atoms with van der Waals surface area (Å²) in [6.07, 6.45) is 0.0954. The number of rotatable bonds is 6. The van der Waals surface area contributed by atoms with E-state index in [4.69, 9.17) is 10.5 Å². The van der Waals surface area contributed by atoms with E-state index in [1.807, 2.05) is 13.8 Å². The number of hydrogen-bond donors (Lipinski definition) is 2. The lowest BCUT2D eigenvalue weighted by Gasteiger charge is -2.20. The number of carbonyl (C=O) groups excluding carboxylic acids is 2. The van der Waals surface area contributed by atoms with Gasteiger partial charge in [0.05, 0.1) is 11.3 Å². The van der Waals surface area contributed by atoms with Crippen LogP contribution in [0.15, 0.2) is 16.6 Å². The summed E-state index contributed by atoms with van der Waals surface area (Å²) in [5, 5.41) is 2.83. The second kappa shape index (κ2) is 7.45. The topological polar surface area (TPSA) is 81.4 Å². The van der Waals surface area contributed by atoms with Gasteiger partial charge in [-0.3, -0.25) is 9.59 Å². The van der Waals surface area contributed by atoms with E-state index in [9.17, 15) is 9.59 Å². The third-order valence-electron chi connectivity index (χ3n) is 3.13. The first-order valence-corrected chi connectivity index (χ1v) is 7.62. The molecular weight excluding hydrogens is 336 g/mol. The Kier molecular flexibility index (Phi) is 6.20. The van der Waals surface area contributed by atoms with E-state index in [1.165, 1.54) is 6.92 Å². The Morgan fingerprint density at radius 3 is 2.52 bits per heavy atom. The van der Waals surface area contributed by atoms with E-state index in [2.05, 4.69) is 21.2 Å². The zero-order valence-corrected chi connectivity index (χ0v) is 14.3. The van der Waals surface area contributed by atoms with Gasteiger partial charge in [-0.15, -0.1) is 0 Å². The Morgan fingerprint density at radius 2 is 2.00 bits per heavy atom. The molecule has 1 aromatic rings. The molecule has 3 N–H and O–H groups in total. The summed E-state index contributed by atoms with van der Waals surface area (Å²) in [5.41, 5.74) is 6.57. The molecule has 21 heavy (non-hydrogen) atoms. The fraction of sp³-hybridized carbons (Fsp3) is 0.467. The third kappa shape index (κ3) is 4.74. The van der Waals surface area contributed by atoms with Crippen LogP contribution in [0.2, 0.25) is 0 Å². The van der Waals surface area contributed by atoms with Crippen LogP contribution in [0.25, 0.3) is 0 Å². The minimum Gasteiger partial charge on any atom is -0.478 e. The lowest BCUT2D eigenvalue weighted by Crippen LogP contribution is -2.41. The van der Waals surface area contributed by atoms with Crippen molar-refractivity contribution < 1.29 is 14.3 Å². The van der Waals surface area contributed by atoms with Gasteiger partial charge in [-0.25, -0.2) is 0 Å². The maximum atomic E-state index is 12.0. The smallest absolute Gasteiger partial charge is 0.260 e. The van der Waals surface area contributed by atoms with Crippen molar-refractivity contribution in [3.05, 3.63) is 22.2 Å². The molecule has 1 amide bonds. The number of ether oxygens (including phenoxy) is 1. The average Bonchev–Trinajstić information content (AvgIpc) is 2.40. The first-order valence-electron chi connectivity index (χ1n) is 6.83. The van der Waals surface area contributed by atoms with Crippen LogP contribution >= 0.6 is 15.9 Å². The Balaban J connectivity index is 2.97. The summed E-state index contributed by atoms with van der Waals surface area (Å²) in [6.45, 7) is 6.96. The zero-order valence-electron chi connectivity index (χ0n) is 12.7. The Labute approximate surface area is 133 Å². The molecule has 0 aliphatic rings. The van der Waals surface area contributed by atoms with Gasteiger partial charge < -0.3 is 15.8 Å². The molecule has 116 valence electrons. The molecule has 0 heterocycles. The summed E-state index contributed by atoms with van der Waals surface area (Å²) in [7, 11) is 0. The van der Waals surface area contributed by atoms with Crippen LogP contribution in [0.3, 0.4) is 0 Å². The molecule has 0 aliphatic heterocycles. The van der Waals surface area contributed by atoms with Crippen LogP contribution in [0.5, 0.6) is 5.75 Å². The number of nitrogens with one attached hydrogen (secondary N) is 1. The summed E-state index contributed by atoms with van der Waals surface area (Å²) < 4.78 is 6.31. The molecule has 0 aromatic heterocycles. The van der Waals surface area contributed by atoms with Crippen LogP contribution in [0.1, 0.15) is 44.5 Å². The predicted molar refractivity (Wildman–Crippen MR) is 86.5 cm³/mol. The molecule has 0 bridgehead atoms. The van der Waals surface area contributed by atoms with Crippen LogP contribution in [-0.4, -0.2) is 23.8 Å². The van der Waals surface area contributed by atoms with Crippen molar-refractivity contribution >= 4 is 33.3 Å². The normalized spacial score (nSPS) is 13.4. The molecule has 2 atom stereocenters. The van der Waals surface area contributed by atoms with E-state index < -0.39 is 6.10 Å². The molecule has 0 aliphatic carbocycles. The highest BCUT2D eigenvalue weighted by Crippen LogP contribution is 2.32. The summed E-state index contributed by atoms with van der Waals surface area (Å²) >= 11 is 3.29. The molecule has 1 rings (SSSR count). The van der Waals surface area contributed by atoms with Gasteiger partial charge in [-0.2, -0.15) is 0 Å². The van der Waals surface area contributed by atoms with Gasteiger partial charge >= 0.3 is 0 Å². The lowest BCUT2D eigenvalue weighted by atomic mass is 10.1. The van der Waals surface area contributed by atoms with Crippen LogP contribution < -0.4 is 15.8 Å². The summed E-state index contributed by atoms with van der Waals surface area (Å²) in [5.74, 6) is -0.161. The van der Waals surface area contributed by atoms with Gasteiger partial charge in [0.1, 0.15) is 0 Å². The highest BCUT2D eigenvalue weighted by molar-refractivity contribution is 9.10. The second-order valence-electron chi connectivity index (χ2n) is 5.01.